The van der Waals surface area contributed by atoms with E-state index in [1.165, 1.54) is 180 Å². The molecule has 0 fully saturated rings. The number of unbranched alkanes of at least 4 members (excludes halogenated alkanes) is 24. The van der Waals surface area contributed by atoms with Crippen LogP contribution in [-0.4, -0.2) is 12.6 Å². The summed E-state index contributed by atoms with van der Waals surface area (Å²) in [5, 5.41) is 0. The quantitative estimate of drug-likeness (QED) is 0.0631. The number of carbonyl (C=O) groups is 1. The van der Waals surface area contributed by atoms with Crippen LogP contribution >= 0.6 is 0 Å². The minimum Gasteiger partial charge on any atom is -0.465 e. The lowest BCUT2D eigenvalue weighted by atomic mass is 9.94. The smallest absolute Gasteiger partial charge is 0.305 e. The van der Waals surface area contributed by atoms with E-state index in [9.17, 15) is 4.79 Å². The highest BCUT2D eigenvalue weighted by atomic mass is 16.5. The highest BCUT2D eigenvalue weighted by Crippen LogP contribution is 2.21. The third-order valence-electron chi connectivity index (χ3n) is 8.40. The van der Waals surface area contributed by atoms with Gasteiger partial charge in [-0.3, -0.25) is 4.79 Å². The van der Waals surface area contributed by atoms with Gasteiger partial charge in [0.25, 0.3) is 0 Å². The second-order valence-corrected chi connectivity index (χ2v) is 12.4. The molecule has 0 aromatic carbocycles. The number of hydrogen-bond acceptors (Lipinski definition) is 2. The number of esters is 1. The molecule has 1 unspecified atom stereocenters. The Labute approximate surface area is 241 Å². The van der Waals surface area contributed by atoms with E-state index in [-0.39, 0.29) is 5.97 Å². The molecule has 0 heterocycles. The molecule has 0 aliphatic rings. The van der Waals surface area contributed by atoms with Crippen molar-refractivity contribution in [3.8, 4) is 0 Å². The van der Waals surface area contributed by atoms with Crippen molar-refractivity contribution in [3.05, 3.63) is 0 Å². The van der Waals surface area contributed by atoms with Crippen molar-refractivity contribution in [2.24, 2.45) is 5.92 Å². The zero-order valence-corrected chi connectivity index (χ0v) is 26.8. The van der Waals surface area contributed by atoms with E-state index in [4.69, 9.17) is 4.74 Å². The maximum Gasteiger partial charge on any atom is 0.305 e. The predicted octanol–water partition coefficient (Wildman–Crippen LogP) is 12.9. The number of ether oxygens (including phenoxy) is 1. The SMILES string of the molecule is CCCCCCCCCCCCC(CCCCCCCCCC)COC(=O)CCCCCCCCCCC. The summed E-state index contributed by atoms with van der Waals surface area (Å²) in [5.74, 6) is 0.633. The monoisotopic (exact) mass is 537 g/mol. The van der Waals surface area contributed by atoms with Gasteiger partial charge in [0.1, 0.15) is 0 Å². The minimum atomic E-state index is 0.0527. The summed E-state index contributed by atoms with van der Waals surface area (Å²) < 4.78 is 5.80. The first-order chi connectivity index (χ1) is 18.7. The fourth-order valence-electron chi connectivity index (χ4n) is 5.66. The lowest BCUT2D eigenvalue weighted by Crippen LogP contribution is -2.14. The van der Waals surface area contributed by atoms with Crippen LogP contribution in [0.25, 0.3) is 0 Å². The third kappa shape index (κ3) is 30.0. The van der Waals surface area contributed by atoms with Crippen molar-refractivity contribution in [2.75, 3.05) is 6.61 Å². The fourth-order valence-corrected chi connectivity index (χ4v) is 5.66. The van der Waals surface area contributed by atoms with Gasteiger partial charge in [-0.2, -0.15) is 0 Å². The number of rotatable bonds is 32. The molecule has 0 spiro atoms. The minimum absolute atomic E-state index is 0.0527. The maximum atomic E-state index is 12.4. The molecule has 0 rings (SSSR count). The Balaban J connectivity index is 4.00. The lowest BCUT2D eigenvalue weighted by molar-refractivity contribution is -0.145. The van der Waals surface area contributed by atoms with Gasteiger partial charge < -0.3 is 4.74 Å². The van der Waals surface area contributed by atoms with Crippen LogP contribution < -0.4 is 0 Å². The first-order valence-electron chi connectivity index (χ1n) is 17.9. The average molecular weight is 537 g/mol. The van der Waals surface area contributed by atoms with Crippen molar-refractivity contribution < 1.29 is 9.53 Å². The molecule has 38 heavy (non-hydrogen) atoms. The highest BCUT2D eigenvalue weighted by molar-refractivity contribution is 5.69. The predicted molar refractivity (Wildman–Crippen MR) is 170 cm³/mol. The summed E-state index contributed by atoms with van der Waals surface area (Å²) in [6.07, 6.45) is 39.7. The van der Waals surface area contributed by atoms with Gasteiger partial charge >= 0.3 is 5.97 Å². The second-order valence-electron chi connectivity index (χ2n) is 12.4. The summed E-state index contributed by atoms with van der Waals surface area (Å²) in [6.45, 7) is 7.53. The second kappa shape index (κ2) is 32.7. The highest BCUT2D eigenvalue weighted by Gasteiger charge is 2.12. The Morgan fingerprint density at radius 2 is 0.711 bits per heavy atom. The van der Waals surface area contributed by atoms with Gasteiger partial charge in [0, 0.05) is 6.42 Å². The average Bonchev–Trinajstić information content (AvgIpc) is 2.92. The Kier molecular flexibility index (Phi) is 32.2. The van der Waals surface area contributed by atoms with Gasteiger partial charge in [0.15, 0.2) is 0 Å². The van der Waals surface area contributed by atoms with Gasteiger partial charge in [-0.05, 0) is 25.2 Å². The zero-order chi connectivity index (χ0) is 27.8. The molecule has 2 heteroatoms. The van der Waals surface area contributed by atoms with Crippen molar-refractivity contribution in [1.29, 1.82) is 0 Å². The van der Waals surface area contributed by atoms with E-state index in [2.05, 4.69) is 20.8 Å². The summed E-state index contributed by atoms with van der Waals surface area (Å²) >= 11 is 0. The molecule has 0 amide bonds. The molecule has 0 aliphatic carbocycles. The van der Waals surface area contributed by atoms with Crippen LogP contribution in [0.15, 0.2) is 0 Å². The molecule has 0 radical (unpaired) electrons. The summed E-state index contributed by atoms with van der Waals surface area (Å²) in [4.78, 5) is 12.4. The van der Waals surface area contributed by atoms with Gasteiger partial charge in [-0.1, -0.05) is 188 Å². The van der Waals surface area contributed by atoms with Crippen molar-refractivity contribution in [2.45, 2.75) is 213 Å². The van der Waals surface area contributed by atoms with Crippen LogP contribution in [0.1, 0.15) is 213 Å². The van der Waals surface area contributed by atoms with Crippen LogP contribution in [0.2, 0.25) is 0 Å². The largest absolute Gasteiger partial charge is 0.465 e. The van der Waals surface area contributed by atoms with Gasteiger partial charge in [0.2, 0.25) is 0 Å². The zero-order valence-electron chi connectivity index (χ0n) is 26.8. The van der Waals surface area contributed by atoms with E-state index < -0.39 is 0 Å². The number of carbonyl (C=O) groups excluding carboxylic acids is 1. The van der Waals surface area contributed by atoms with E-state index in [0.717, 1.165) is 6.42 Å². The van der Waals surface area contributed by atoms with Gasteiger partial charge in [-0.25, -0.2) is 0 Å². The van der Waals surface area contributed by atoms with E-state index >= 15 is 0 Å². The van der Waals surface area contributed by atoms with Crippen molar-refractivity contribution in [1.82, 2.24) is 0 Å². The molecule has 228 valence electrons. The molecule has 0 aromatic rings. The van der Waals surface area contributed by atoms with Crippen LogP contribution in [0.3, 0.4) is 0 Å². The van der Waals surface area contributed by atoms with Crippen molar-refractivity contribution in [3.63, 3.8) is 0 Å². The molecule has 0 N–H and O–H groups in total. The molecule has 0 bridgehead atoms. The van der Waals surface area contributed by atoms with Crippen LogP contribution in [0.4, 0.5) is 0 Å². The molecule has 0 saturated carbocycles. The van der Waals surface area contributed by atoms with Crippen LogP contribution in [0, 0.1) is 5.92 Å². The van der Waals surface area contributed by atoms with Crippen LogP contribution in [-0.2, 0) is 9.53 Å². The lowest BCUT2D eigenvalue weighted by Gasteiger charge is -2.17. The molecule has 0 aliphatic heterocycles. The van der Waals surface area contributed by atoms with E-state index in [1.807, 2.05) is 0 Å². The Hall–Kier alpha value is -0.530. The Morgan fingerprint density at radius 1 is 0.421 bits per heavy atom. The molecular formula is C36H72O2. The molecular weight excluding hydrogens is 464 g/mol. The van der Waals surface area contributed by atoms with Gasteiger partial charge in [-0.15, -0.1) is 0 Å². The maximum absolute atomic E-state index is 12.4. The van der Waals surface area contributed by atoms with Crippen LogP contribution in [0.5, 0.6) is 0 Å². The number of hydrogen-bond donors (Lipinski definition) is 0. The summed E-state index contributed by atoms with van der Waals surface area (Å²) in [7, 11) is 0. The normalized spacial score (nSPS) is 12.2. The van der Waals surface area contributed by atoms with E-state index in [1.54, 1.807) is 0 Å². The molecule has 2 nitrogen and oxygen atoms in total. The Morgan fingerprint density at radius 3 is 1.05 bits per heavy atom. The standard InChI is InChI=1S/C36H72O2/c1-4-7-10-13-16-19-21-23-26-29-32-35(31-28-25-22-18-15-12-9-6-3)34-38-36(37)33-30-27-24-20-17-14-11-8-5-2/h35H,4-34H2,1-3H3. The van der Waals surface area contributed by atoms with Crippen molar-refractivity contribution >= 4 is 5.97 Å². The summed E-state index contributed by atoms with van der Waals surface area (Å²) in [5.41, 5.74) is 0. The first-order valence-corrected chi connectivity index (χ1v) is 17.9. The van der Waals surface area contributed by atoms with Gasteiger partial charge in [0.05, 0.1) is 6.61 Å². The first kappa shape index (κ1) is 37.5. The third-order valence-corrected chi connectivity index (χ3v) is 8.40. The topological polar surface area (TPSA) is 26.3 Å². The molecule has 0 aromatic heterocycles. The van der Waals surface area contributed by atoms with E-state index in [0.29, 0.717) is 18.9 Å². The summed E-state index contributed by atoms with van der Waals surface area (Å²) in [6, 6.07) is 0. The molecule has 1 atom stereocenters. The Bertz CT molecular complexity index is 447. The molecule has 0 saturated heterocycles. The fraction of sp³-hybridized carbons (Fsp3) is 0.972.